The van der Waals surface area contributed by atoms with Gasteiger partial charge in [-0.15, -0.1) is 0 Å². The third-order valence-electron chi connectivity index (χ3n) is 16.5. The van der Waals surface area contributed by atoms with Gasteiger partial charge in [0.25, 0.3) is 0 Å². The molecule has 66 heavy (non-hydrogen) atoms. The van der Waals surface area contributed by atoms with Crippen molar-refractivity contribution in [1.82, 2.24) is 0 Å². The van der Waals surface area contributed by atoms with E-state index in [1.807, 2.05) is 0 Å². The van der Waals surface area contributed by atoms with Gasteiger partial charge >= 0.3 is 0 Å². The highest BCUT2D eigenvalue weighted by atomic mass is 14.5. The zero-order chi connectivity index (χ0) is 43.3. The lowest BCUT2D eigenvalue weighted by Gasteiger charge is -2.40. The first-order valence-electron chi connectivity index (χ1n) is 24.3. The average molecular weight is 843 g/mol. The summed E-state index contributed by atoms with van der Waals surface area (Å²) in [6.45, 7) is 0. The molecule has 1 saturated carbocycles. The highest BCUT2D eigenvalue weighted by Crippen LogP contribution is 2.57. The SMILES string of the molecule is C1=CC2=CC=C3C=CC(/C=C/c4ccc(-c5ccc6c(c5)C5(CCCCC5)c5cc(-c7ccc(/C=C/C8=C9C=CC%10=CC=CC%11=CC=C(C=C8)C9C%10%11)cc7)ccc5-6)cc4)=C4C=CC(=C1)C2C34. The number of fused-ring (bicyclic) bond motifs is 5. The average Bonchev–Trinajstić information content (AvgIpc) is 3.63. The smallest absolute Gasteiger partial charge is 0.0215 e. The van der Waals surface area contributed by atoms with Crippen LogP contribution in [0.2, 0.25) is 0 Å². The van der Waals surface area contributed by atoms with Gasteiger partial charge in [0.2, 0.25) is 0 Å². The summed E-state index contributed by atoms with van der Waals surface area (Å²) in [6, 6.07) is 33.1. The van der Waals surface area contributed by atoms with Crippen molar-refractivity contribution in [3.8, 4) is 33.4 Å². The van der Waals surface area contributed by atoms with Gasteiger partial charge in [0.15, 0.2) is 0 Å². The molecule has 4 atom stereocenters. The highest BCUT2D eigenvalue weighted by molar-refractivity contribution is 5.86. The van der Waals surface area contributed by atoms with Crippen molar-refractivity contribution in [3.05, 3.63) is 284 Å². The third kappa shape index (κ3) is 5.90. The second-order valence-corrected chi connectivity index (χ2v) is 19.9. The van der Waals surface area contributed by atoms with Crippen LogP contribution in [0.5, 0.6) is 0 Å². The molecule has 0 amide bonds. The van der Waals surface area contributed by atoms with Crippen LogP contribution in [-0.2, 0) is 5.41 Å². The molecule has 314 valence electrons. The number of allylic oxidation sites excluding steroid dienone is 30. The summed E-state index contributed by atoms with van der Waals surface area (Å²) in [7, 11) is 0. The molecule has 10 aliphatic rings. The Balaban J connectivity index is 0.719. The van der Waals surface area contributed by atoms with E-state index in [2.05, 4.69) is 219 Å². The Morgan fingerprint density at radius 1 is 0.348 bits per heavy atom. The van der Waals surface area contributed by atoms with E-state index in [0.29, 0.717) is 23.7 Å². The van der Waals surface area contributed by atoms with Crippen molar-refractivity contribution < 1.29 is 0 Å². The summed E-state index contributed by atoms with van der Waals surface area (Å²) in [5.74, 6) is 1.68. The van der Waals surface area contributed by atoms with E-state index >= 15 is 0 Å². The van der Waals surface area contributed by atoms with E-state index in [1.165, 1.54) is 143 Å². The van der Waals surface area contributed by atoms with Crippen LogP contribution in [0.1, 0.15) is 54.4 Å². The van der Waals surface area contributed by atoms with Gasteiger partial charge in [-0.2, -0.15) is 0 Å². The minimum absolute atomic E-state index is 0.0645. The first-order valence-corrected chi connectivity index (χ1v) is 24.3. The molecule has 1 spiro atoms. The predicted octanol–water partition coefficient (Wildman–Crippen LogP) is 16.3. The largest absolute Gasteiger partial charge is 0.0617 e. The maximum atomic E-state index is 2.55. The molecule has 0 heterocycles. The molecular formula is C66H50. The van der Waals surface area contributed by atoms with Crippen LogP contribution in [0.25, 0.3) is 45.5 Å². The molecule has 14 rings (SSSR count). The predicted molar refractivity (Wildman–Crippen MR) is 276 cm³/mol. The molecule has 0 heteroatoms. The van der Waals surface area contributed by atoms with Gasteiger partial charge in [0.05, 0.1) is 0 Å². The van der Waals surface area contributed by atoms with E-state index < -0.39 is 0 Å². The van der Waals surface area contributed by atoms with Gasteiger partial charge in [-0.25, -0.2) is 0 Å². The first kappa shape index (κ1) is 38.0. The Morgan fingerprint density at radius 3 is 1.23 bits per heavy atom. The van der Waals surface area contributed by atoms with Crippen molar-refractivity contribution in [1.29, 1.82) is 0 Å². The molecule has 4 unspecified atom stereocenters. The zero-order valence-electron chi connectivity index (χ0n) is 37.1. The Morgan fingerprint density at radius 2 is 0.758 bits per heavy atom. The molecule has 4 aromatic rings. The molecular weight excluding hydrogens is 793 g/mol. The number of hydrogen-bond acceptors (Lipinski definition) is 0. The lowest BCUT2D eigenvalue weighted by atomic mass is 9.63. The minimum atomic E-state index is 0.0645. The quantitative estimate of drug-likeness (QED) is 0.181. The minimum Gasteiger partial charge on any atom is -0.0617 e. The highest BCUT2D eigenvalue weighted by Gasteiger charge is 2.44. The van der Waals surface area contributed by atoms with E-state index in [0.717, 1.165) is 0 Å². The summed E-state index contributed by atoms with van der Waals surface area (Å²) >= 11 is 0. The Hall–Kier alpha value is -7.28. The molecule has 0 nitrogen and oxygen atoms in total. The van der Waals surface area contributed by atoms with Gasteiger partial charge in [-0.1, -0.05) is 226 Å². The van der Waals surface area contributed by atoms with E-state index in [4.69, 9.17) is 0 Å². The number of rotatable bonds is 6. The van der Waals surface area contributed by atoms with Crippen molar-refractivity contribution in [2.24, 2.45) is 23.7 Å². The lowest BCUT2D eigenvalue weighted by molar-refractivity contribution is 0.353. The molecule has 1 fully saturated rings. The fraction of sp³-hybridized carbons (Fsp3) is 0.152. The van der Waals surface area contributed by atoms with Gasteiger partial charge in [-0.05, 0) is 136 Å². The normalized spacial score (nSPS) is 25.0. The van der Waals surface area contributed by atoms with E-state index in [-0.39, 0.29) is 5.41 Å². The Labute approximate surface area is 389 Å². The topological polar surface area (TPSA) is 0 Å². The zero-order valence-corrected chi connectivity index (χ0v) is 37.1. The van der Waals surface area contributed by atoms with Crippen LogP contribution >= 0.6 is 0 Å². The molecule has 0 N–H and O–H groups in total. The van der Waals surface area contributed by atoms with Crippen molar-refractivity contribution >= 4 is 12.2 Å². The van der Waals surface area contributed by atoms with Gasteiger partial charge in [0, 0.05) is 29.1 Å². The molecule has 0 bridgehead atoms. The number of benzene rings is 4. The summed E-state index contributed by atoms with van der Waals surface area (Å²) < 4.78 is 0. The fourth-order valence-electron chi connectivity index (χ4n) is 13.3. The third-order valence-corrected chi connectivity index (χ3v) is 16.5. The van der Waals surface area contributed by atoms with Gasteiger partial charge in [-0.3, -0.25) is 0 Å². The maximum absolute atomic E-state index is 2.55. The second-order valence-electron chi connectivity index (χ2n) is 19.9. The van der Waals surface area contributed by atoms with Crippen LogP contribution in [0, 0.1) is 23.7 Å². The Bertz CT molecular complexity index is 3120. The van der Waals surface area contributed by atoms with E-state index in [9.17, 15) is 0 Å². The summed E-state index contributed by atoms with van der Waals surface area (Å²) in [6.07, 6.45) is 57.0. The van der Waals surface area contributed by atoms with Gasteiger partial charge in [0.1, 0.15) is 0 Å². The van der Waals surface area contributed by atoms with Crippen molar-refractivity contribution in [2.75, 3.05) is 0 Å². The monoisotopic (exact) mass is 842 g/mol. The van der Waals surface area contributed by atoms with Crippen LogP contribution in [-0.4, -0.2) is 0 Å². The molecule has 0 radical (unpaired) electrons. The number of hydrogen-bond donors (Lipinski definition) is 0. The maximum Gasteiger partial charge on any atom is 0.0215 e. The lowest BCUT2D eigenvalue weighted by Crippen LogP contribution is -2.29. The van der Waals surface area contributed by atoms with E-state index in [1.54, 1.807) is 0 Å². The molecule has 0 saturated heterocycles. The molecule has 0 aromatic heterocycles. The fourth-order valence-corrected chi connectivity index (χ4v) is 13.3. The summed E-state index contributed by atoms with van der Waals surface area (Å²) in [4.78, 5) is 0. The first-order chi connectivity index (χ1) is 32.6. The van der Waals surface area contributed by atoms with Crippen LogP contribution in [0.4, 0.5) is 0 Å². The van der Waals surface area contributed by atoms with Crippen LogP contribution in [0.3, 0.4) is 0 Å². The molecule has 0 aliphatic heterocycles. The molecule has 4 aromatic carbocycles. The van der Waals surface area contributed by atoms with Gasteiger partial charge < -0.3 is 0 Å². The second kappa shape index (κ2) is 14.9. The molecule has 10 aliphatic carbocycles. The van der Waals surface area contributed by atoms with Crippen LogP contribution < -0.4 is 0 Å². The van der Waals surface area contributed by atoms with Crippen molar-refractivity contribution in [3.63, 3.8) is 0 Å². The Kier molecular flexibility index (Phi) is 8.57. The standard InChI is InChI=1S/C66H50/c1-2-38-66(39-3-1)60-40-54(44-16-10-42(11-17-44)14-20-46-22-24-52-28-26-48-6-4-8-50-30-34-56(46)64(52)62(48)50)32-36-58(60)59-37-33-55(41-61(59)66)45-18-12-43(13-19-45)15-21-47-23-25-53-29-27-49-7-5-9-51-31-35-57(47)65(53)63(49)51/h4-37,40-41,62-65H,1-3,38-39H2/b20-14+,21-15+. The summed E-state index contributed by atoms with van der Waals surface area (Å²) in [5, 5.41) is 0. The van der Waals surface area contributed by atoms with Crippen molar-refractivity contribution in [2.45, 2.75) is 37.5 Å². The van der Waals surface area contributed by atoms with Crippen LogP contribution in [0.15, 0.2) is 262 Å². The summed E-state index contributed by atoms with van der Waals surface area (Å²) in [5.41, 5.74) is 27.7.